The molecule has 0 radical (unpaired) electrons. The summed E-state index contributed by atoms with van der Waals surface area (Å²) in [7, 11) is 0. The number of hydrogen-bond donors (Lipinski definition) is 2. The largest absolute Gasteiger partial charge is 0.506 e. The summed E-state index contributed by atoms with van der Waals surface area (Å²) < 4.78 is 0. The molecule has 5 heteroatoms. The fraction of sp³-hybridized carbons (Fsp3) is 0.350. The summed E-state index contributed by atoms with van der Waals surface area (Å²) >= 11 is 1.94. The maximum atomic E-state index is 12.6. The number of anilines is 1. The number of thioether (sulfide) groups is 1. The molecule has 0 saturated carbocycles. The summed E-state index contributed by atoms with van der Waals surface area (Å²) in [6.45, 7) is 1.52. The van der Waals surface area contributed by atoms with Gasteiger partial charge in [0.25, 0.3) is 0 Å². The summed E-state index contributed by atoms with van der Waals surface area (Å²) in [6.07, 6.45) is 2.20. The highest BCUT2D eigenvalue weighted by Gasteiger charge is 2.29. The number of carbonyl (C=O) groups excluding carboxylic acids is 1. The van der Waals surface area contributed by atoms with E-state index in [0.29, 0.717) is 30.3 Å². The smallest absolute Gasteiger partial charge is 0.227 e. The van der Waals surface area contributed by atoms with Crippen LogP contribution in [0, 0.1) is 0 Å². The third-order valence-electron chi connectivity index (χ3n) is 4.94. The number of amides is 1. The lowest BCUT2D eigenvalue weighted by molar-refractivity contribution is -0.119. The number of phenolic OH excluding ortho intramolecular Hbond substituents is 1. The molecule has 2 aliphatic rings. The van der Waals surface area contributed by atoms with E-state index in [9.17, 15) is 9.90 Å². The Morgan fingerprint density at radius 3 is 2.76 bits per heavy atom. The van der Waals surface area contributed by atoms with Crippen LogP contribution >= 0.6 is 11.8 Å². The maximum absolute atomic E-state index is 12.6. The first kappa shape index (κ1) is 16.5. The van der Waals surface area contributed by atoms with Crippen LogP contribution in [0.25, 0.3) is 0 Å². The minimum Gasteiger partial charge on any atom is -0.506 e. The van der Waals surface area contributed by atoms with Crippen LogP contribution in [0.3, 0.4) is 0 Å². The second-order valence-electron chi connectivity index (χ2n) is 6.63. The van der Waals surface area contributed by atoms with Gasteiger partial charge in [0.05, 0.1) is 12.2 Å². The predicted octanol–water partition coefficient (Wildman–Crippen LogP) is 3.08. The molecule has 130 valence electrons. The zero-order valence-electron chi connectivity index (χ0n) is 14.1. The van der Waals surface area contributed by atoms with Gasteiger partial charge < -0.3 is 15.3 Å². The SMILES string of the molecule is O=C1CCc2c(CC3CNCS3)ccc(O)c2N1Cc1ccccc1. The number of rotatable bonds is 4. The van der Waals surface area contributed by atoms with Gasteiger partial charge in [-0.3, -0.25) is 4.79 Å². The molecule has 1 saturated heterocycles. The molecule has 1 fully saturated rings. The second-order valence-corrected chi connectivity index (χ2v) is 7.92. The number of fused-ring (bicyclic) bond motifs is 1. The van der Waals surface area contributed by atoms with Gasteiger partial charge in [0.2, 0.25) is 5.91 Å². The lowest BCUT2D eigenvalue weighted by Crippen LogP contribution is -2.35. The molecule has 1 unspecified atom stereocenters. The third-order valence-corrected chi connectivity index (χ3v) is 6.12. The molecule has 1 amide bonds. The molecule has 4 nitrogen and oxygen atoms in total. The lowest BCUT2D eigenvalue weighted by atomic mass is 9.92. The number of carbonyl (C=O) groups is 1. The Kier molecular flexibility index (Phi) is 4.68. The highest BCUT2D eigenvalue weighted by molar-refractivity contribution is 8.00. The number of aromatic hydroxyl groups is 1. The number of phenols is 1. The molecule has 2 heterocycles. The van der Waals surface area contributed by atoms with Gasteiger partial charge in [-0.15, -0.1) is 11.8 Å². The molecule has 0 aromatic heterocycles. The highest BCUT2D eigenvalue weighted by atomic mass is 32.2. The molecule has 2 aromatic carbocycles. The Morgan fingerprint density at radius 2 is 2.00 bits per heavy atom. The van der Waals surface area contributed by atoms with E-state index in [-0.39, 0.29) is 11.7 Å². The van der Waals surface area contributed by atoms with Gasteiger partial charge in [0, 0.05) is 24.1 Å². The number of benzene rings is 2. The van der Waals surface area contributed by atoms with Gasteiger partial charge in [-0.1, -0.05) is 36.4 Å². The predicted molar refractivity (Wildman–Crippen MR) is 102 cm³/mol. The average Bonchev–Trinajstić information content (AvgIpc) is 3.13. The number of nitrogens with zero attached hydrogens (tertiary/aromatic N) is 1. The molecular weight excluding hydrogens is 332 g/mol. The number of hydrogen-bond acceptors (Lipinski definition) is 4. The van der Waals surface area contributed by atoms with E-state index in [2.05, 4.69) is 5.32 Å². The van der Waals surface area contributed by atoms with E-state index in [0.717, 1.165) is 30.0 Å². The molecule has 2 N–H and O–H groups in total. The Hall–Kier alpha value is -1.98. The van der Waals surface area contributed by atoms with Gasteiger partial charge in [-0.05, 0) is 35.6 Å². The lowest BCUT2D eigenvalue weighted by Gasteiger charge is -2.32. The van der Waals surface area contributed by atoms with Crippen LogP contribution in [0.2, 0.25) is 0 Å². The van der Waals surface area contributed by atoms with Crippen LogP contribution in [0.1, 0.15) is 23.1 Å². The van der Waals surface area contributed by atoms with Crippen molar-refractivity contribution < 1.29 is 9.90 Å². The number of nitrogens with one attached hydrogen (secondary N) is 1. The zero-order valence-corrected chi connectivity index (χ0v) is 14.9. The van der Waals surface area contributed by atoms with E-state index in [1.54, 1.807) is 11.0 Å². The summed E-state index contributed by atoms with van der Waals surface area (Å²) in [5, 5.41) is 14.4. The van der Waals surface area contributed by atoms with E-state index < -0.39 is 0 Å². The Morgan fingerprint density at radius 1 is 1.16 bits per heavy atom. The normalized spacial score (nSPS) is 19.9. The minimum absolute atomic E-state index is 0.0840. The zero-order chi connectivity index (χ0) is 17.2. The molecule has 4 rings (SSSR count). The minimum atomic E-state index is 0.0840. The van der Waals surface area contributed by atoms with Crippen molar-refractivity contribution in [1.82, 2.24) is 5.32 Å². The van der Waals surface area contributed by atoms with Gasteiger partial charge in [0.15, 0.2) is 0 Å². The first-order valence-electron chi connectivity index (χ1n) is 8.72. The van der Waals surface area contributed by atoms with Crippen LogP contribution in [0.4, 0.5) is 5.69 Å². The summed E-state index contributed by atoms with van der Waals surface area (Å²) in [5.41, 5.74) is 4.19. The van der Waals surface area contributed by atoms with E-state index in [1.807, 2.05) is 48.2 Å². The molecule has 25 heavy (non-hydrogen) atoms. The third kappa shape index (κ3) is 3.39. The average molecular weight is 354 g/mol. The molecule has 0 bridgehead atoms. The van der Waals surface area contributed by atoms with Gasteiger partial charge >= 0.3 is 0 Å². The van der Waals surface area contributed by atoms with Crippen molar-refractivity contribution in [2.24, 2.45) is 0 Å². The van der Waals surface area contributed by atoms with E-state index >= 15 is 0 Å². The summed E-state index contributed by atoms with van der Waals surface area (Å²) in [4.78, 5) is 14.3. The Bertz CT molecular complexity index is 773. The van der Waals surface area contributed by atoms with Crippen molar-refractivity contribution >= 4 is 23.4 Å². The first-order valence-corrected chi connectivity index (χ1v) is 9.77. The van der Waals surface area contributed by atoms with Crippen LogP contribution in [0.15, 0.2) is 42.5 Å². The molecule has 0 spiro atoms. The van der Waals surface area contributed by atoms with Crippen LogP contribution in [0.5, 0.6) is 5.75 Å². The maximum Gasteiger partial charge on any atom is 0.227 e. The monoisotopic (exact) mass is 354 g/mol. The van der Waals surface area contributed by atoms with Crippen molar-refractivity contribution in [2.45, 2.75) is 31.1 Å². The van der Waals surface area contributed by atoms with Crippen LogP contribution in [-0.2, 0) is 24.2 Å². The van der Waals surface area contributed by atoms with Crippen molar-refractivity contribution in [2.75, 3.05) is 17.3 Å². The van der Waals surface area contributed by atoms with Crippen LogP contribution in [-0.4, -0.2) is 28.7 Å². The molecule has 1 atom stereocenters. The fourth-order valence-electron chi connectivity index (χ4n) is 3.69. The first-order chi connectivity index (χ1) is 12.2. The molecular formula is C20H22N2O2S. The highest BCUT2D eigenvalue weighted by Crippen LogP contribution is 2.40. The Balaban J connectivity index is 1.68. The standard InChI is InChI=1S/C20H22N2O2S/c23-18-8-6-15(10-16-11-21-13-25-16)17-7-9-19(24)22(20(17)18)12-14-4-2-1-3-5-14/h1-6,8,16,21,23H,7,9-13H2. The van der Waals surface area contributed by atoms with Crippen molar-refractivity contribution in [3.05, 3.63) is 59.2 Å². The van der Waals surface area contributed by atoms with Crippen LogP contribution < -0.4 is 10.2 Å². The fourth-order valence-corrected chi connectivity index (χ4v) is 4.70. The topological polar surface area (TPSA) is 52.6 Å². The Labute approximate surface area is 152 Å². The van der Waals surface area contributed by atoms with Crippen molar-refractivity contribution in [1.29, 1.82) is 0 Å². The van der Waals surface area contributed by atoms with Crippen molar-refractivity contribution in [3.8, 4) is 5.75 Å². The van der Waals surface area contributed by atoms with Gasteiger partial charge in [0.1, 0.15) is 5.75 Å². The van der Waals surface area contributed by atoms with Gasteiger partial charge in [-0.25, -0.2) is 0 Å². The molecule has 2 aliphatic heterocycles. The van der Waals surface area contributed by atoms with E-state index in [1.165, 1.54) is 5.56 Å². The summed E-state index contributed by atoms with van der Waals surface area (Å²) in [5.74, 6) is 1.30. The quantitative estimate of drug-likeness (QED) is 0.886. The molecule has 2 aromatic rings. The van der Waals surface area contributed by atoms with E-state index in [4.69, 9.17) is 0 Å². The summed E-state index contributed by atoms with van der Waals surface area (Å²) in [6, 6.07) is 13.7. The second kappa shape index (κ2) is 7.10. The van der Waals surface area contributed by atoms with Gasteiger partial charge in [-0.2, -0.15) is 0 Å². The molecule has 0 aliphatic carbocycles. The van der Waals surface area contributed by atoms with Crippen molar-refractivity contribution in [3.63, 3.8) is 0 Å².